The van der Waals surface area contributed by atoms with Gasteiger partial charge in [-0.1, -0.05) is 18.2 Å². The molecule has 1 aromatic heterocycles. The van der Waals surface area contributed by atoms with E-state index < -0.39 is 0 Å². The van der Waals surface area contributed by atoms with Gasteiger partial charge in [0.1, 0.15) is 17.5 Å². The van der Waals surface area contributed by atoms with E-state index in [4.69, 9.17) is 4.74 Å². The van der Waals surface area contributed by atoms with Crippen molar-refractivity contribution in [2.75, 3.05) is 13.1 Å². The largest absolute Gasteiger partial charge is 0.490 e. The quantitative estimate of drug-likeness (QED) is 0.875. The van der Waals surface area contributed by atoms with Crippen molar-refractivity contribution >= 4 is 5.91 Å². The first-order valence-electron chi connectivity index (χ1n) is 8.05. The van der Waals surface area contributed by atoms with Crippen molar-refractivity contribution in [3.63, 3.8) is 0 Å². The summed E-state index contributed by atoms with van der Waals surface area (Å²) < 4.78 is 7.90. The Balaban J connectivity index is 1.60. The van der Waals surface area contributed by atoms with Crippen molar-refractivity contribution < 1.29 is 9.53 Å². The minimum atomic E-state index is 0.0665. The fraction of sp³-hybridized carbons (Fsp3) is 0.444. The number of benzene rings is 1. The SMILES string of the molecule is Cc1ccccc1OC1CCN(C(=O)c2c(C)ncn2C)CC1. The number of rotatable bonds is 3. The van der Waals surface area contributed by atoms with E-state index in [1.54, 1.807) is 10.9 Å². The highest BCUT2D eigenvalue weighted by molar-refractivity contribution is 5.93. The van der Waals surface area contributed by atoms with Crippen molar-refractivity contribution in [1.29, 1.82) is 0 Å². The van der Waals surface area contributed by atoms with Crippen molar-refractivity contribution in [2.24, 2.45) is 7.05 Å². The number of piperidine rings is 1. The molecule has 0 atom stereocenters. The van der Waals surface area contributed by atoms with Gasteiger partial charge in [0.25, 0.3) is 5.91 Å². The zero-order chi connectivity index (χ0) is 16.4. The molecule has 2 heterocycles. The molecule has 1 aromatic carbocycles. The topological polar surface area (TPSA) is 47.4 Å². The minimum Gasteiger partial charge on any atom is -0.490 e. The molecule has 1 saturated heterocycles. The van der Waals surface area contributed by atoms with E-state index in [1.807, 2.05) is 37.1 Å². The monoisotopic (exact) mass is 313 g/mol. The first-order chi connectivity index (χ1) is 11.1. The van der Waals surface area contributed by atoms with Gasteiger partial charge in [0.15, 0.2) is 0 Å². The van der Waals surface area contributed by atoms with Crippen molar-refractivity contribution in [3.05, 3.63) is 47.5 Å². The number of nitrogens with zero attached hydrogens (tertiary/aromatic N) is 3. The number of carbonyl (C=O) groups excluding carboxylic acids is 1. The molecule has 23 heavy (non-hydrogen) atoms. The standard InChI is InChI=1S/C18H23N3O2/c1-13-6-4-5-7-16(13)23-15-8-10-21(11-9-15)18(22)17-14(2)19-12-20(17)3/h4-7,12,15H,8-11H2,1-3H3. The fourth-order valence-corrected chi connectivity index (χ4v) is 3.05. The number of amides is 1. The van der Waals surface area contributed by atoms with E-state index in [-0.39, 0.29) is 12.0 Å². The van der Waals surface area contributed by atoms with E-state index >= 15 is 0 Å². The molecule has 0 aliphatic carbocycles. The Morgan fingerprint density at radius 1 is 1.22 bits per heavy atom. The van der Waals surface area contributed by atoms with Crippen LogP contribution in [0.4, 0.5) is 0 Å². The van der Waals surface area contributed by atoms with Gasteiger partial charge in [0, 0.05) is 33.0 Å². The molecule has 1 aliphatic heterocycles. The summed E-state index contributed by atoms with van der Waals surface area (Å²) >= 11 is 0. The highest BCUT2D eigenvalue weighted by Gasteiger charge is 2.27. The maximum atomic E-state index is 12.6. The van der Waals surface area contributed by atoms with Crippen LogP contribution >= 0.6 is 0 Å². The molecule has 1 amide bonds. The third-order valence-corrected chi connectivity index (χ3v) is 4.44. The zero-order valence-corrected chi connectivity index (χ0v) is 14.0. The van der Waals surface area contributed by atoms with Crippen molar-refractivity contribution in [2.45, 2.75) is 32.8 Å². The second-order valence-corrected chi connectivity index (χ2v) is 6.16. The fourth-order valence-electron chi connectivity index (χ4n) is 3.05. The predicted octanol–water partition coefficient (Wildman–Crippen LogP) is 2.72. The van der Waals surface area contributed by atoms with Crippen LogP contribution in [0.25, 0.3) is 0 Å². The molecule has 5 nitrogen and oxygen atoms in total. The molecule has 0 radical (unpaired) electrons. The van der Waals surface area contributed by atoms with Crippen LogP contribution in [0.1, 0.15) is 34.6 Å². The van der Waals surface area contributed by atoms with E-state index in [2.05, 4.69) is 18.0 Å². The number of aromatic nitrogens is 2. The van der Waals surface area contributed by atoms with Crippen molar-refractivity contribution in [1.82, 2.24) is 14.5 Å². The summed E-state index contributed by atoms with van der Waals surface area (Å²) in [5.41, 5.74) is 2.62. The number of hydrogen-bond donors (Lipinski definition) is 0. The molecule has 5 heteroatoms. The van der Waals surface area contributed by atoms with E-state index in [0.717, 1.165) is 42.9 Å². The lowest BCUT2D eigenvalue weighted by Crippen LogP contribution is -2.42. The Kier molecular flexibility index (Phi) is 4.37. The molecule has 0 bridgehead atoms. The van der Waals surface area contributed by atoms with E-state index in [1.165, 1.54) is 0 Å². The van der Waals surface area contributed by atoms with Crippen LogP contribution in [0.3, 0.4) is 0 Å². The predicted molar refractivity (Wildman–Crippen MR) is 88.7 cm³/mol. The van der Waals surface area contributed by atoms with Gasteiger partial charge in [-0.05, 0) is 25.5 Å². The Hall–Kier alpha value is -2.30. The van der Waals surface area contributed by atoms with Gasteiger partial charge in [-0.25, -0.2) is 4.98 Å². The Morgan fingerprint density at radius 2 is 1.91 bits per heavy atom. The molecule has 0 unspecified atom stereocenters. The average Bonchev–Trinajstić information content (AvgIpc) is 2.88. The minimum absolute atomic E-state index is 0.0665. The van der Waals surface area contributed by atoms with Gasteiger partial charge in [-0.2, -0.15) is 0 Å². The third-order valence-electron chi connectivity index (χ3n) is 4.44. The summed E-state index contributed by atoms with van der Waals surface area (Å²) in [4.78, 5) is 18.8. The van der Waals surface area contributed by atoms with Crippen LogP contribution in [0, 0.1) is 13.8 Å². The molecular formula is C18H23N3O2. The van der Waals surface area contributed by atoms with Crippen molar-refractivity contribution in [3.8, 4) is 5.75 Å². The molecule has 122 valence electrons. The average molecular weight is 313 g/mol. The molecule has 1 fully saturated rings. The zero-order valence-electron chi connectivity index (χ0n) is 14.0. The summed E-state index contributed by atoms with van der Waals surface area (Å²) in [6.07, 6.45) is 3.58. The lowest BCUT2D eigenvalue weighted by Gasteiger charge is -2.32. The molecule has 0 saturated carbocycles. The first-order valence-corrected chi connectivity index (χ1v) is 8.05. The third kappa shape index (κ3) is 3.23. The van der Waals surface area contributed by atoms with Gasteiger partial charge in [-0.15, -0.1) is 0 Å². The number of carbonyl (C=O) groups is 1. The molecule has 2 aromatic rings. The van der Waals surface area contributed by atoms with Gasteiger partial charge in [-0.3, -0.25) is 4.79 Å². The number of aryl methyl sites for hydroxylation is 3. The Labute approximate surface area is 136 Å². The number of hydrogen-bond acceptors (Lipinski definition) is 3. The molecule has 1 aliphatic rings. The van der Waals surface area contributed by atoms with Gasteiger partial charge in [0.2, 0.25) is 0 Å². The van der Waals surface area contributed by atoms with Gasteiger partial charge >= 0.3 is 0 Å². The molecular weight excluding hydrogens is 290 g/mol. The van der Waals surface area contributed by atoms with Crippen LogP contribution in [-0.4, -0.2) is 39.6 Å². The molecule has 0 spiro atoms. The van der Waals surface area contributed by atoms with Crippen LogP contribution < -0.4 is 4.74 Å². The molecule has 0 N–H and O–H groups in total. The second kappa shape index (κ2) is 6.44. The highest BCUT2D eigenvalue weighted by Crippen LogP contribution is 2.23. The van der Waals surface area contributed by atoms with E-state index in [9.17, 15) is 4.79 Å². The number of ether oxygens (including phenoxy) is 1. The van der Waals surface area contributed by atoms with Gasteiger partial charge < -0.3 is 14.2 Å². The summed E-state index contributed by atoms with van der Waals surface area (Å²) in [6, 6.07) is 8.07. The summed E-state index contributed by atoms with van der Waals surface area (Å²) in [5, 5.41) is 0. The normalized spacial score (nSPS) is 15.7. The number of likely N-dealkylation sites (tertiary alicyclic amines) is 1. The van der Waals surface area contributed by atoms with E-state index in [0.29, 0.717) is 5.69 Å². The lowest BCUT2D eigenvalue weighted by atomic mass is 10.1. The van der Waals surface area contributed by atoms with Crippen LogP contribution in [-0.2, 0) is 7.05 Å². The maximum absolute atomic E-state index is 12.6. The van der Waals surface area contributed by atoms with Crippen LogP contribution in [0.15, 0.2) is 30.6 Å². The number of para-hydroxylation sites is 1. The summed E-state index contributed by atoms with van der Waals surface area (Å²) in [6.45, 7) is 5.38. The Bertz CT molecular complexity index is 681. The lowest BCUT2D eigenvalue weighted by molar-refractivity contribution is 0.0585. The van der Waals surface area contributed by atoms with Gasteiger partial charge in [0.05, 0.1) is 12.0 Å². The smallest absolute Gasteiger partial charge is 0.272 e. The number of imidazole rings is 1. The first kappa shape index (κ1) is 15.6. The summed E-state index contributed by atoms with van der Waals surface area (Å²) in [5.74, 6) is 1.01. The maximum Gasteiger partial charge on any atom is 0.272 e. The second-order valence-electron chi connectivity index (χ2n) is 6.16. The highest BCUT2D eigenvalue weighted by atomic mass is 16.5. The summed E-state index contributed by atoms with van der Waals surface area (Å²) in [7, 11) is 1.86. The Morgan fingerprint density at radius 3 is 2.52 bits per heavy atom. The van der Waals surface area contributed by atoms with Crippen LogP contribution in [0.2, 0.25) is 0 Å². The molecule has 3 rings (SSSR count). The van der Waals surface area contributed by atoms with Crippen LogP contribution in [0.5, 0.6) is 5.75 Å².